The summed E-state index contributed by atoms with van der Waals surface area (Å²) in [5.74, 6) is 1.82. The average Bonchev–Trinajstić information content (AvgIpc) is 3.33. The van der Waals surface area contributed by atoms with Crippen LogP contribution in [-0.2, 0) is 22.0 Å². The fourth-order valence-corrected chi connectivity index (χ4v) is 5.70. The lowest BCUT2D eigenvalue weighted by atomic mass is 9.80. The lowest BCUT2D eigenvalue weighted by Crippen LogP contribution is -2.41. The van der Waals surface area contributed by atoms with Crippen LogP contribution >= 0.6 is 0 Å². The Kier molecular flexibility index (Phi) is 11.3. The molecule has 206 valence electrons. The van der Waals surface area contributed by atoms with Crippen molar-refractivity contribution in [3.8, 4) is 12.3 Å². The molecule has 1 aliphatic carbocycles. The first-order valence-electron chi connectivity index (χ1n) is 12.3. The normalized spacial score (nSPS) is 21.3. The van der Waals surface area contributed by atoms with Gasteiger partial charge in [-0.25, -0.2) is 13.3 Å². The Bertz CT molecular complexity index is 1140. The van der Waals surface area contributed by atoms with Crippen molar-refractivity contribution in [2.75, 3.05) is 0 Å². The van der Waals surface area contributed by atoms with Crippen LogP contribution in [0.3, 0.4) is 0 Å². The lowest BCUT2D eigenvalue weighted by molar-refractivity contribution is -0.137. The summed E-state index contributed by atoms with van der Waals surface area (Å²) in [5, 5.41) is 3.05. The first-order valence-corrected chi connectivity index (χ1v) is 13.5. The van der Waals surface area contributed by atoms with Crippen molar-refractivity contribution >= 4 is 16.9 Å². The number of nitrogens with one attached hydrogen (secondary N) is 2. The highest BCUT2D eigenvalue weighted by atomic mass is 32.2. The van der Waals surface area contributed by atoms with Crippen molar-refractivity contribution in [2.45, 2.75) is 69.6 Å². The SMILES string of the molecule is C#CC.C=CC(NS(=O)c1ccc(C(F)(F)F)cc1)C1CCC(CC)(C(=O)N[C@H](C)c2ccc(F)cc2)C1. The van der Waals surface area contributed by atoms with Crippen LogP contribution in [0.15, 0.2) is 66.1 Å². The van der Waals surface area contributed by atoms with E-state index in [9.17, 15) is 26.6 Å². The third-order valence-electron chi connectivity index (χ3n) is 6.92. The molecule has 0 aliphatic heterocycles. The molecule has 0 saturated heterocycles. The summed E-state index contributed by atoms with van der Waals surface area (Å²) < 4.78 is 67.4. The highest BCUT2D eigenvalue weighted by molar-refractivity contribution is 7.83. The second-order valence-corrected chi connectivity index (χ2v) is 10.6. The molecule has 1 fully saturated rings. The third kappa shape index (κ3) is 8.02. The van der Waals surface area contributed by atoms with Gasteiger partial charge in [0.05, 0.1) is 16.5 Å². The molecule has 1 saturated carbocycles. The summed E-state index contributed by atoms with van der Waals surface area (Å²) in [6, 6.07) is 9.54. The molecule has 9 heteroatoms. The van der Waals surface area contributed by atoms with Crippen LogP contribution in [0.25, 0.3) is 0 Å². The Hall–Kier alpha value is -2.96. The molecule has 5 atom stereocenters. The van der Waals surface area contributed by atoms with Gasteiger partial charge in [0, 0.05) is 11.5 Å². The average molecular weight is 551 g/mol. The molecular weight excluding hydrogens is 516 g/mol. The van der Waals surface area contributed by atoms with Gasteiger partial charge in [0.15, 0.2) is 0 Å². The van der Waals surface area contributed by atoms with E-state index in [2.05, 4.69) is 29.0 Å². The van der Waals surface area contributed by atoms with Gasteiger partial charge in [-0.05, 0) is 87.4 Å². The zero-order valence-corrected chi connectivity index (χ0v) is 22.6. The van der Waals surface area contributed by atoms with Gasteiger partial charge in [0.25, 0.3) is 0 Å². The van der Waals surface area contributed by atoms with Crippen molar-refractivity contribution in [1.82, 2.24) is 10.0 Å². The number of carbonyl (C=O) groups excluding carboxylic acids is 1. The van der Waals surface area contributed by atoms with Crippen LogP contribution < -0.4 is 10.0 Å². The van der Waals surface area contributed by atoms with E-state index in [4.69, 9.17) is 0 Å². The van der Waals surface area contributed by atoms with Gasteiger partial charge < -0.3 is 5.32 Å². The van der Waals surface area contributed by atoms with Gasteiger partial charge in [0.1, 0.15) is 16.8 Å². The number of carbonyl (C=O) groups is 1. The summed E-state index contributed by atoms with van der Waals surface area (Å²) in [7, 11) is -1.74. The number of terminal acetylenes is 1. The van der Waals surface area contributed by atoms with Crippen molar-refractivity contribution in [2.24, 2.45) is 11.3 Å². The van der Waals surface area contributed by atoms with Crippen LogP contribution in [0.4, 0.5) is 17.6 Å². The standard InChI is InChI=1S/C26H30F4N2O2S.C3H4/c1-4-23(32-35(34)22-12-8-20(9-13-22)26(28,29)30)19-14-15-25(5-2,16-19)24(33)31-17(3)18-6-10-21(27)11-7-18;1-3-2/h4,6-13,17,19,23,32H,1,5,14-16H2,2-3H3,(H,31,33);1H,2H3/t17-,19?,23?,25?,35?;/m1./s1. The Balaban J connectivity index is 0.00000161. The number of rotatable bonds is 9. The summed E-state index contributed by atoms with van der Waals surface area (Å²) in [6.45, 7) is 9.30. The van der Waals surface area contributed by atoms with E-state index in [0.717, 1.165) is 17.7 Å². The van der Waals surface area contributed by atoms with Crippen molar-refractivity contribution in [3.05, 3.63) is 78.1 Å². The Morgan fingerprint density at radius 1 is 1.24 bits per heavy atom. The van der Waals surface area contributed by atoms with Crippen LogP contribution in [0, 0.1) is 29.5 Å². The number of amides is 1. The minimum Gasteiger partial charge on any atom is -0.349 e. The number of hydrogen-bond donors (Lipinski definition) is 2. The molecule has 1 aliphatic rings. The minimum absolute atomic E-state index is 0.0160. The molecule has 0 heterocycles. The number of benzene rings is 2. The zero-order valence-electron chi connectivity index (χ0n) is 21.8. The molecule has 38 heavy (non-hydrogen) atoms. The van der Waals surface area contributed by atoms with E-state index in [-0.39, 0.29) is 34.6 Å². The van der Waals surface area contributed by atoms with Gasteiger partial charge >= 0.3 is 6.18 Å². The number of alkyl halides is 3. The maximum atomic E-state index is 13.3. The molecule has 0 spiro atoms. The molecule has 3 rings (SSSR count). The summed E-state index contributed by atoms with van der Waals surface area (Å²) >= 11 is 0. The summed E-state index contributed by atoms with van der Waals surface area (Å²) in [4.78, 5) is 13.5. The fourth-order valence-electron chi connectivity index (χ4n) is 4.64. The topological polar surface area (TPSA) is 58.2 Å². The quantitative estimate of drug-likeness (QED) is 0.207. The van der Waals surface area contributed by atoms with Gasteiger partial charge in [-0.2, -0.15) is 13.2 Å². The first kappa shape index (κ1) is 31.3. The van der Waals surface area contributed by atoms with E-state index in [0.29, 0.717) is 25.7 Å². The van der Waals surface area contributed by atoms with Crippen molar-refractivity contribution in [3.63, 3.8) is 0 Å². The van der Waals surface area contributed by atoms with Gasteiger partial charge in [-0.15, -0.1) is 18.9 Å². The third-order valence-corrected chi connectivity index (χ3v) is 8.11. The molecule has 0 radical (unpaired) electrons. The number of hydrogen-bond acceptors (Lipinski definition) is 2. The van der Waals surface area contributed by atoms with Crippen molar-refractivity contribution in [1.29, 1.82) is 0 Å². The van der Waals surface area contributed by atoms with Gasteiger partial charge in [-0.3, -0.25) is 4.79 Å². The van der Waals surface area contributed by atoms with Crippen LogP contribution in [0.5, 0.6) is 0 Å². The molecular formula is C29H34F4N2O2S. The maximum absolute atomic E-state index is 13.3. The van der Waals surface area contributed by atoms with Crippen LogP contribution in [-0.4, -0.2) is 16.2 Å². The maximum Gasteiger partial charge on any atom is 0.416 e. The lowest BCUT2D eigenvalue weighted by Gasteiger charge is -2.30. The second-order valence-electron chi connectivity index (χ2n) is 9.34. The van der Waals surface area contributed by atoms with Crippen LogP contribution in [0.1, 0.15) is 63.6 Å². The Labute approximate surface area is 224 Å². The molecule has 2 aromatic carbocycles. The fraction of sp³-hybridized carbons (Fsp3) is 0.414. The Morgan fingerprint density at radius 3 is 2.32 bits per heavy atom. The van der Waals surface area contributed by atoms with Gasteiger partial charge in [0.2, 0.25) is 5.91 Å². The Morgan fingerprint density at radius 2 is 1.82 bits per heavy atom. The number of halogens is 4. The molecule has 0 aromatic heterocycles. The van der Waals surface area contributed by atoms with Crippen molar-refractivity contribution < 1.29 is 26.6 Å². The predicted molar refractivity (Wildman–Crippen MR) is 143 cm³/mol. The molecule has 0 bridgehead atoms. The van der Waals surface area contributed by atoms with E-state index in [1.165, 1.54) is 24.3 Å². The predicted octanol–water partition coefficient (Wildman–Crippen LogP) is 6.72. The van der Waals surface area contributed by atoms with E-state index >= 15 is 0 Å². The molecule has 1 amide bonds. The summed E-state index contributed by atoms with van der Waals surface area (Å²) in [5.41, 5.74) is -0.598. The van der Waals surface area contributed by atoms with Gasteiger partial charge in [-0.1, -0.05) is 25.1 Å². The summed E-state index contributed by atoms with van der Waals surface area (Å²) in [6.07, 6.45) is 4.31. The molecule has 2 aromatic rings. The monoisotopic (exact) mass is 550 g/mol. The van der Waals surface area contributed by atoms with Crippen LogP contribution in [0.2, 0.25) is 0 Å². The zero-order chi connectivity index (χ0) is 28.5. The van der Waals surface area contributed by atoms with E-state index in [1.807, 2.05) is 13.8 Å². The molecule has 4 unspecified atom stereocenters. The smallest absolute Gasteiger partial charge is 0.349 e. The van der Waals surface area contributed by atoms with E-state index in [1.54, 1.807) is 25.1 Å². The first-order chi connectivity index (χ1) is 17.9. The largest absolute Gasteiger partial charge is 0.416 e. The highest BCUT2D eigenvalue weighted by Gasteiger charge is 2.46. The molecule has 4 nitrogen and oxygen atoms in total. The van der Waals surface area contributed by atoms with E-state index < -0.39 is 28.1 Å². The second kappa shape index (κ2) is 13.7. The highest BCUT2D eigenvalue weighted by Crippen LogP contribution is 2.46. The molecule has 2 N–H and O–H groups in total. The minimum atomic E-state index is -4.46.